The first-order chi connectivity index (χ1) is 9.00. The van der Waals surface area contributed by atoms with E-state index >= 15 is 0 Å². The Bertz CT molecular complexity index is 633. The highest BCUT2D eigenvalue weighted by molar-refractivity contribution is 7.80. The highest BCUT2D eigenvalue weighted by atomic mass is 32.1. The van der Waals surface area contributed by atoms with Crippen molar-refractivity contribution in [3.8, 4) is 11.1 Å². The van der Waals surface area contributed by atoms with Gasteiger partial charge in [-0.3, -0.25) is 0 Å². The maximum atomic E-state index is 5.58. The third kappa shape index (κ3) is 2.76. The number of hydrogen-bond donors (Lipinski definition) is 2. The highest BCUT2D eigenvalue weighted by Crippen LogP contribution is 2.32. The number of thiocarbonyl (C=S) groups is 1. The minimum atomic E-state index is 0.286. The molecule has 19 heavy (non-hydrogen) atoms. The molecule has 0 saturated heterocycles. The lowest BCUT2D eigenvalue weighted by Gasteiger charge is -2.15. The van der Waals surface area contributed by atoms with Crippen LogP contribution < -0.4 is 11.1 Å². The van der Waals surface area contributed by atoms with E-state index in [0.29, 0.717) is 0 Å². The fraction of sp³-hybridized carbons (Fsp3) is 0.188. The first-order valence-corrected chi connectivity index (χ1v) is 6.64. The first kappa shape index (κ1) is 13.6. The van der Waals surface area contributed by atoms with Gasteiger partial charge in [0.15, 0.2) is 5.11 Å². The fourth-order valence-electron chi connectivity index (χ4n) is 2.21. The lowest BCUT2D eigenvalue weighted by atomic mass is 9.93. The van der Waals surface area contributed by atoms with Gasteiger partial charge < -0.3 is 11.1 Å². The number of nitrogens with one attached hydrogen (secondary N) is 1. The van der Waals surface area contributed by atoms with Crippen molar-refractivity contribution < 1.29 is 0 Å². The molecule has 2 aromatic carbocycles. The molecule has 0 radical (unpaired) electrons. The molecule has 0 aliphatic heterocycles. The largest absolute Gasteiger partial charge is 0.376 e. The molecule has 0 saturated carbocycles. The molecular weight excluding hydrogens is 252 g/mol. The second-order valence-corrected chi connectivity index (χ2v) is 5.15. The van der Waals surface area contributed by atoms with Crippen LogP contribution >= 0.6 is 12.2 Å². The summed E-state index contributed by atoms with van der Waals surface area (Å²) in [6.07, 6.45) is 0. The Morgan fingerprint density at radius 3 is 2.32 bits per heavy atom. The zero-order chi connectivity index (χ0) is 14.0. The monoisotopic (exact) mass is 270 g/mol. The SMILES string of the molecule is Cc1ccc(-c2ccccc2NC(N)=S)c(C)c1C. The molecule has 98 valence electrons. The molecular formula is C16H18N2S. The summed E-state index contributed by atoms with van der Waals surface area (Å²) in [7, 11) is 0. The Morgan fingerprint density at radius 1 is 0.947 bits per heavy atom. The third-order valence-electron chi connectivity index (χ3n) is 3.53. The van der Waals surface area contributed by atoms with E-state index in [1.807, 2.05) is 18.2 Å². The van der Waals surface area contributed by atoms with Gasteiger partial charge in [-0.1, -0.05) is 30.3 Å². The van der Waals surface area contributed by atoms with E-state index in [1.165, 1.54) is 22.3 Å². The number of nitrogens with two attached hydrogens (primary N) is 1. The zero-order valence-electron chi connectivity index (χ0n) is 11.4. The van der Waals surface area contributed by atoms with E-state index in [9.17, 15) is 0 Å². The van der Waals surface area contributed by atoms with Crippen molar-refractivity contribution in [1.29, 1.82) is 0 Å². The molecule has 0 bridgehead atoms. The molecule has 0 aliphatic rings. The first-order valence-electron chi connectivity index (χ1n) is 6.23. The number of benzene rings is 2. The van der Waals surface area contributed by atoms with Gasteiger partial charge in [-0.25, -0.2) is 0 Å². The molecule has 2 nitrogen and oxygen atoms in total. The molecule has 3 N–H and O–H groups in total. The van der Waals surface area contributed by atoms with Crippen molar-refractivity contribution in [2.45, 2.75) is 20.8 Å². The Hall–Kier alpha value is -1.87. The van der Waals surface area contributed by atoms with Crippen molar-refractivity contribution in [2.24, 2.45) is 5.73 Å². The smallest absolute Gasteiger partial charge is 0.168 e. The number of anilines is 1. The van der Waals surface area contributed by atoms with Gasteiger partial charge in [0, 0.05) is 11.3 Å². The molecule has 0 amide bonds. The fourth-order valence-corrected chi connectivity index (χ4v) is 2.32. The molecule has 3 heteroatoms. The van der Waals surface area contributed by atoms with Gasteiger partial charge in [0.2, 0.25) is 0 Å². The summed E-state index contributed by atoms with van der Waals surface area (Å²) >= 11 is 4.93. The van der Waals surface area contributed by atoms with E-state index in [-0.39, 0.29) is 5.11 Å². The predicted molar refractivity (Wildman–Crippen MR) is 86.5 cm³/mol. The Kier molecular flexibility index (Phi) is 3.86. The van der Waals surface area contributed by atoms with Crippen LogP contribution in [0.25, 0.3) is 11.1 Å². The van der Waals surface area contributed by atoms with Gasteiger partial charge in [0.1, 0.15) is 0 Å². The molecule has 0 spiro atoms. The topological polar surface area (TPSA) is 38.0 Å². The Labute approximate surface area is 119 Å². The second-order valence-electron chi connectivity index (χ2n) is 4.71. The normalized spacial score (nSPS) is 10.3. The standard InChI is InChI=1S/C16H18N2S/c1-10-8-9-13(12(3)11(10)2)14-6-4-5-7-15(14)18-16(17)19/h4-9H,1-3H3,(H3,17,18,19). The summed E-state index contributed by atoms with van der Waals surface area (Å²) in [6, 6.07) is 12.4. The van der Waals surface area contributed by atoms with Gasteiger partial charge >= 0.3 is 0 Å². The van der Waals surface area contributed by atoms with Gasteiger partial charge in [0.25, 0.3) is 0 Å². The minimum Gasteiger partial charge on any atom is -0.376 e. The van der Waals surface area contributed by atoms with Crippen LogP contribution in [-0.2, 0) is 0 Å². The maximum Gasteiger partial charge on any atom is 0.168 e. The lowest BCUT2D eigenvalue weighted by molar-refractivity contribution is 1.27. The number of para-hydroxylation sites is 1. The van der Waals surface area contributed by atoms with Crippen molar-refractivity contribution >= 4 is 23.0 Å². The average molecular weight is 270 g/mol. The van der Waals surface area contributed by atoms with Crippen LogP contribution in [0.1, 0.15) is 16.7 Å². The van der Waals surface area contributed by atoms with Crippen LogP contribution in [0.5, 0.6) is 0 Å². The van der Waals surface area contributed by atoms with Crippen molar-refractivity contribution in [1.82, 2.24) is 0 Å². The van der Waals surface area contributed by atoms with Crippen LogP contribution in [0, 0.1) is 20.8 Å². The van der Waals surface area contributed by atoms with Crippen molar-refractivity contribution in [3.05, 3.63) is 53.1 Å². The van der Waals surface area contributed by atoms with Gasteiger partial charge in [-0.15, -0.1) is 0 Å². The van der Waals surface area contributed by atoms with Crippen LogP contribution in [0.2, 0.25) is 0 Å². The lowest BCUT2D eigenvalue weighted by Crippen LogP contribution is -2.19. The van der Waals surface area contributed by atoms with Crippen LogP contribution in [0.4, 0.5) is 5.69 Å². The van der Waals surface area contributed by atoms with E-state index in [0.717, 1.165) is 11.3 Å². The molecule has 0 aromatic heterocycles. The summed E-state index contributed by atoms with van der Waals surface area (Å²) in [5.41, 5.74) is 12.8. The Balaban J connectivity index is 2.59. The zero-order valence-corrected chi connectivity index (χ0v) is 12.3. The summed E-state index contributed by atoms with van der Waals surface area (Å²) in [5.74, 6) is 0. The summed E-state index contributed by atoms with van der Waals surface area (Å²) in [6.45, 7) is 6.43. The number of rotatable bonds is 2. The van der Waals surface area contributed by atoms with E-state index in [1.54, 1.807) is 0 Å². The van der Waals surface area contributed by atoms with E-state index < -0.39 is 0 Å². The van der Waals surface area contributed by atoms with Crippen LogP contribution in [0.3, 0.4) is 0 Å². The summed E-state index contributed by atoms with van der Waals surface area (Å²) < 4.78 is 0. The van der Waals surface area contributed by atoms with Gasteiger partial charge in [0.05, 0.1) is 0 Å². The van der Waals surface area contributed by atoms with Crippen LogP contribution in [-0.4, -0.2) is 5.11 Å². The molecule has 0 fully saturated rings. The molecule has 2 aromatic rings. The van der Waals surface area contributed by atoms with E-state index in [2.05, 4.69) is 44.3 Å². The molecule has 2 rings (SSSR count). The molecule has 0 aliphatic carbocycles. The number of hydrogen-bond acceptors (Lipinski definition) is 1. The quantitative estimate of drug-likeness (QED) is 0.812. The predicted octanol–water partition coefficient (Wildman–Crippen LogP) is 3.93. The van der Waals surface area contributed by atoms with Crippen LogP contribution in [0.15, 0.2) is 36.4 Å². The number of aryl methyl sites for hydroxylation is 1. The van der Waals surface area contributed by atoms with Gasteiger partial charge in [-0.2, -0.15) is 0 Å². The molecule has 0 atom stereocenters. The van der Waals surface area contributed by atoms with E-state index in [4.69, 9.17) is 18.0 Å². The third-order valence-corrected chi connectivity index (χ3v) is 3.64. The Morgan fingerprint density at radius 2 is 1.63 bits per heavy atom. The second kappa shape index (κ2) is 5.41. The minimum absolute atomic E-state index is 0.286. The summed E-state index contributed by atoms with van der Waals surface area (Å²) in [4.78, 5) is 0. The average Bonchev–Trinajstić information content (AvgIpc) is 2.37. The summed E-state index contributed by atoms with van der Waals surface area (Å²) in [5, 5.41) is 3.33. The maximum absolute atomic E-state index is 5.58. The molecule has 0 heterocycles. The highest BCUT2D eigenvalue weighted by Gasteiger charge is 2.10. The molecule has 0 unspecified atom stereocenters. The van der Waals surface area contributed by atoms with Crippen molar-refractivity contribution in [3.63, 3.8) is 0 Å². The van der Waals surface area contributed by atoms with Crippen molar-refractivity contribution in [2.75, 3.05) is 5.32 Å². The van der Waals surface area contributed by atoms with Gasteiger partial charge in [-0.05, 0) is 61.3 Å².